The van der Waals surface area contributed by atoms with Crippen molar-refractivity contribution in [3.05, 3.63) is 17.9 Å². The molecule has 0 aliphatic carbocycles. The van der Waals surface area contributed by atoms with Crippen LogP contribution in [0.1, 0.15) is 5.76 Å². The molecule has 1 aromatic heterocycles. The van der Waals surface area contributed by atoms with Crippen molar-refractivity contribution in [2.45, 2.75) is 5.09 Å². The summed E-state index contributed by atoms with van der Waals surface area (Å²) < 4.78 is 29.1. The molecular weight excluding hydrogens is 196 g/mol. The van der Waals surface area contributed by atoms with Gasteiger partial charge in [-0.05, 0) is 19.2 Å². The fourth-order valence-corrected chi connectivity index (χ4v) is 1.36. The van der Waals surface area contributed by atoms with E-state index in [0.717, 1.165) is 6.21 Å². The number of rotatable bonds is 3. The molecule has 0 spiro atoms. The summed E-state index contributed by atoms with van der Waals surface area (Å²) in [5.74, 6) is 0.163. The van der Waals surface area contributed by atoms with Gasteiger partial charge in [-0.2, -0.15) is 0 Å². The summed E-state index contributed by atoms with van der Waals surface area (Å²) >= 11 is 0. The molecular formula is C6H8N2O4S. The Labute approximate surface area is 74.9 Å². The molecule has 1 heterocycles. The zero-order chi connectivity index (χ0) is 9.90. The Hall–Kier alpha value is -1.34. The smallest absolute Gasteiger partial charge is 0.273 e. The van der Waals surface area contributed by atoms with Crippen LogP contribution < -0.4 is 4.72 Å². The minimum Gasteiger partial charge on any atom is -0.442 e. The third-order valence-corrected chi connectivity index (χ3v) is 2.61. The normalized spacial score (nSPS) is 12.4. The Balaban J connectivity index is 3.06. The van der Waals surface area contributed by atoms with Gasteiger partial charge in [-0.15, -0.1) is 0 Å². The minimum absolute atomic E-state index is 0.163. The van der Waals surface area contributed by atoms with Crippen molar-refractivity contribution in [1.29, 1.82) is 0 Å². The monoisotopic (exact) mass is 204 g/mol. The van der Waals surface area contributed by atoms with Gasteiger partial charge in [0.1, 0.15) is 12.0 Å². The van der Waals surface area contributed by atoms with E-state index in [1.165, 1.54) is 19.2 Å². The summed E-state index contributed by atoms with van der Waals surface area (Å²) in [6.07, 6.45) is 0.995. The van der Waals surface area contributed by atoms with Gasteiger partial charge in [0.05, 0.1) is 0 Å². The molecule has 6 nitrogen and oxygen atoms in total. The maximum Gasteiger partial charge on any atom is 0.273 e. The Kier molecular flexibility index (Phi) is 2.69. The van der Waals surface area contributed by atoms with Crippen molar-refractivity contribution in [2.75, 3.05) is 7.05 Å². The SMILES string of the molecule is CNS(=O)(=O)c1ccc(C=NO)o1. The lowest BCUT2D eigenvalue weighted by molar-refractivity contribution is 0.320. The van der Waals surface area contributed by atoms with Crippen LogP contribution in [0, 0.1) is 0 Å². The molecule has 0 radical (unpaired) electrons. The van der Waals surface area contributed by atoms with Gasteiger partial charge in [-0.1, -0.05) is 5.16 Å². The first kappa shape index (κ1) is 9.75. The third kappa shape index (κ3) is 2.07. The van der Waals surface area contributed by atoms with Crippen molar-refractivity contribution in [3.8, 4) is 0 Å². The number of hydrogen-bond acceptors (Lipinski definition) is 5. The van der Waals surface area contributed by atoms with Crippen LogP contribution in [0.25, 0.3) is 0 Å². The number of oxime groups is 1. The van der Waals surface area contributed by atoms with Gasteiger partial charge >= 0.3 is 0 Å². The highest BCUT2D eigenvalue weighted by atomic mass is 32.2. The standard InChI is InChI=1S/C6H8N2O4S/c1-7-13(10,11)6-3-2-5(12-6)4-8-9/h2-4,7,9H,1H3. The van der Waals surface area contributed by atoms with Crippen molar-refractivity contribution in [2.24, 2.45) is 5.16 Å². The van der Waals surface area contributed by atoms with E-state index in [2.05, 4.69) is 9.88 Å². The molecule has 1 aromatic rings. The quantitative estimate of drug-likeness (QED) is 0.411. The fraction of sp³-hybridized carbons (Fsp3) is 0.167. The molecule has 0 unspecified atom stereocenters. The predicted octanol–water partition coefficient (Wildman–Crippen LogP) is -0.00420. The zero-order valence-corrected chi connectivity index (χ0v) is 7.58. The molecule has 0 saturated heterocycles. The molecule has 0 atom stereocenters. The van der Waals surface area contributed by atoms with Gasteiger partial charge in [0.25, 0.3) is 10.0 Å². The van der Waals surface area contributed by atoms with Crippen molar-refractivity contribution in [1.82, 2.24) is 4.72 Å². The van der Waals surface area contributed by atoms with Gasteiger partial charge in [-0.3, -0.25) is 0 Å². The molecule has 0 aliphatic heterocycles. The first-order chi connectivity index (χ1) is 6.10. The topological polar surface area (TPSA) is 91.9 Å². The van der Waals surface area contributed by atoms with Gasteiger partial charge in [0, 0.05) is 0 Å². The van der Waals surface area contributed by atoms with Crippen LogP contribution in [-0.2, 0) is 10.0 Å². The lowest BCUT2D eigenvalue weighted by atomic mass is 10.5. The van der Waals surface area contributed by atoms with Crippen LogP contribution in [0.2, 0.25) is 0 Å². The van der Waals surface area contributed by atoms with Crippen LogP contribution in [-0.4, -0.2) is 26.9 Å². The Morgan fingerprint density at radius 3 is 2.85 bits per heavy atom. The molecule has 0 bridgehead atoms. The second kappa shape index (κ2) is 3.58. The van der Waals surface area contributed by atoms with E-state index in [1.807, 2.05) is 0 Å². The Bertz CT molecular complexity index is 406. The van der Waals surface area contributed by atoms with Crippen molar-refractivity contribution >= 4 is 16.2 Å². The Morgan fingerprint density at radius 2 is 2.31 bits per heavy atom. The summed E-state index contributed by atoms with van der Waals surface area (Å²) in [4.78, 5) is 0. The van der Waals surface area contributed by atoms with E-state index in [1.54, 1.807) is 0 Å². The van der Waals surface area contributed by atoms with Crippen molar-refractivity contribution in [3.63, 3.8) is 0 Å². The first-order valence-corrected chi connectivity index (χ1v) is 4.79. The summed E-state index contributed by atoms with van der Waals surface area (Å²) in [5.41, 5.74) is 0. The third-order valence-electron chi connectivity index (χ3n) is 1.32. The number of nitrogens with zero attached hydrogens (tertiary/aromatic N) is 1. The van der Waals surface area contributed by atoms with Crippen LogP contribution >= 0.6 is 0 Å². The first-order valence-electron chi connectivity index (χ1n) is 3.31. The largest absolute Gasteiger partial charge is 0.442 e. The van der Waals surface area contributed by atoms with Crippen LogP contribution in [0.4, 0.5) is 0 Å². The van der Waals surface area contributed by atoms with E-state index in [0.29, 0.717) is 0 Å². The van der Waals surface area contributed by atoms with E-state index < -0.39 is 10.0 Å². The molecule has 0 amide bonds. The highest BCUT2D eigenvalue weighted by Gasteiger charge is 2.15. The van der Waals surface area contributed by atoms with Gasteiger partial charge in [0.15, 0.2) is 0 Å². The Morgan fingerprint density at radius 1 is 1.62 bits per heavy atom. The molecule has 0 saturated carbocycles. The molecule has 2 N–H and O–H groups in total. The fourth-order valence-electron chi connectivity index (χ4n) is 0.706. The van der Waals surface area contributed by atoms with Gasteiger partial charge in [-0.25, -0.2) is 13.1 Å². The molecule has 7 heteroatoms. The zero-order valence-electron chi connectivity index (χ0n) is 6.76. The summed E-state index contributed by atoms with van der Waals surface area (Å²) in [7, 11) is -2.28. The van der Waals surface area contributed by atoms with Gasteiger partial charge < -0.3 is 9.62 Å². The minimum atomic E-state index is -3.56. The maximum atomic E-state index is 11.1. The molecule has 13 heavy (non-hydrogen) atoms. The van der Waals surface area contributed by atoms with E-state index in [4.69, 9.17) is 9.62 Å². The molecule has 72 valence electrons. The number of hydrogen-bond donors (Lipinski definition) is 2. The molecule has 0 aliphatic rings. The van der Waals surface area contributed by atoms with Crippen LogP contribution in [0.5, 0.6) is 0 Å². The second-order valence-electron chi connectivity index (χ2n) is 2.11. The van der Waals surface area contributed by atoms with Crippen LogP contribution in [0.3, 0.4) is 0 Å². The van der Waals surface area contributed by atoms with Crippen molar-refractivity contribution < 1.29 is 18.0 Å². The summed E-state index contributed by atoms with van der Waals surface area (Å²) in [6.45, 7) is 0. The predicted molar refractivity (Wildman–Crippen MR) is 44.3 cm³/mol. The van der Waals surface area contributed by atoms with E-state index in [9.17, 15) is 8.42 Å². The summed E-state index contributed by atoms with van der Waals surface area (Å²) in [6, 6.07) is 2.65. The lowest BCUT2D eigenvalue weighted by Crippen LogP contribution is -2.17. The second-order valence-corrected chi connectivity index (χ2v) is 3.93. The average Bonchev–Trinajstić information content (AvgIpc) is 2.54. The average molecular weight is 204 g/mol. The molecule has 0 fully saturated rings. The van der Waals surface area contributed by atoms with Crippen LogP contribution in [0.15, 0.2) is 26.8 Å². The lowest BCUT2D eigenvalue weighted by Gasteiger charge is -1.95. The summed E-state index contributed by atoms with van der Waals surface area (Å²) in [5, 5.41) is 10.6. The molecule has 1 rings (SSSR count). The number of nitrogens with one attached hydrogen (secondary N) is 1. The number of furan rings is 1. The highest BCUT2D eigenvalue weighted by Crippen LogP contribution is 2.11. The molecule has 0 aromatic carbocycles. The maximum absolute atomic E-state index is 11.1. The van der Waals surface area contributed by atoms with Gasteiger partial charge in [0.2, 0.25) is 5.09 Å². The van der Waals surface area contributed by atoms with E-state index >= 15 is 0 Å². The number of sulfonamides is 1. The van der Waals surface area contributed by atoms with E-state index in [-0.39, 0.29) is 10.9 Å². The highest BCUT2D eigenvalue weighted by molar-refractivity contribution is 7.89.